The molecule has 0 saturated heterocycles. The van der Waals surface area contributed by atoms with Gasteiger partial charge in [-0.1, -0.05) is 48.0 Å². The Balaban J connectivity index is 1.50. The maximum Gasteiger partial charge on any atom is 0.262 e. The summed E-state index contributed by atoms with van der Waals surface area (Å²) in [5.41, 5.74) is 3.65. The molecule has 4 nitrogen and oxygen atoms in total. The molecule has 0 fully saturated rings. The minimum absolute atomic E-state index is 0.117. The SMILES string of the molecule is Cc1ccc(-c2nc3ccccc3s2)cc1NC(=O)COc1ccccc1Cl. The molecular weight excluding hydrogens is 392 g/mol. The number of thiazole rings is 1. The molecule has 0 bridgehead atoms. The maximum absolute atomic E-state index is 12.3. The number of carbonyl (C=O) groups excluding carboxylic acids is 1. The number of hydrogen-bond acceptors (Lipinski definition) is 4. The Hall–Kier alpha value is -2.89. The minimum atomic E-state index is -0.246. The van der Waals surface area contributed by atoms with Crippen LogP contribution in [0.5, 0.6) is 5.75 Å². The summed E-state index contributed by atoms with van der Waals surface area (Å²) in [6.07, 6.45) is 0. The number of aromatic nitrogens is 1. The number of aryl methyl sites for hydroxylation is 1. The van der Waals surface area contributed by atoms with Crippen LogP contribution in [0.25, 0.3) is 20.8 Å². The molecule has 0 aliphatic carbocycles. The number of amides is 1. The highest BCUT2D eigenvalue weighted by molar-refractivity contribution is 7.21. The van der Waals surface area contributed by atoms with Crippen molar-refractivity contribution in [3.05, 3.63) is 77.3 Å². The molecule has 140 valence electrons. The van der Waals surface area contributed by atoms with Gasteiger partial charge in [0, 0.05) is 11.3 Å². The van der Waals surface area contributed by atoms with Crippen LogP contribution in [-0.2, 0) is 4.79 Å². The number of anilines is 1. The van der Waals surface area contributed by atoms with E-state index in [2.05, 4.69) is 16.4 Å². The summed E-state index contributed by atoms with van der Waals surface area (Å²) in [6, 6.07) is 21.1. The van der Waals surface area contributed by atoms with Gasteiger partial charge >= 0.3 is 0 Å². The highest BCUT2D eigenvalue weighted by Gasteiger charge is 2.11. The number of halogens is 1. The number of nitrogens with one attached hydrogen (secondary N) is 1. The van der Waals surface area contributed by atoms with Crippen molar-refractivity contribution in [3.8, 4) is 16.3 Å². The number of rotatable bonds is 5. The van der Waals surface area contributed by atoms with Gasteiger partial charge in [0.1, 0.15) is 10.8 Å². The lowest BCUT2D eigenvalue weighted by Crippen LogP contribution is -2.20. The molecule has 1 N–H and O–H groups in total. The molecular formula is C22H17ClN2O2S. The van der Waals surface area contributed by atoms with E-state index in [1.165, 1.54) is 0 Å². The second-order valence-electron chi connectivity index (χ2n) is 6.28. The Bertz CT molecular complexity index is 1120. The lowest BCUT2D eigenvalue weighted by Gasteiger charge is -2.11. The molecule has 4 rings (SSSR count). The van der Waals surface area contributed by atoms with E-state index in [0.29, 0.717) is 10.8 Å². The van der Waals surface area contributed by atoms with Gasteiger partial charge in [0.05, 0.1) is 15.2 Å². The van der Waals surface area contributed by atoms with Crippen molar-refractivity contribution < 1.29 is 9.53 Å². The van der Waals surface area contributed by atoms with Crippen molar-refractivity contribution in [2.24, 2.45) is 0 Å². The Labute approximate surface area is 171 Å². The third-order valence-corrected chi connectivity index (χ3v) is 5.65. The average Bonchev–Trinajstić information content (AvgIpc) is 3.13. The van der Waals surface area contributed by atoms with Gasteiger partial charge in [-0.25, -0.2) is 4.98 Å². The molecule has 0 aliphatic heterocycles. The summed E-state index contributed by atoms with van der Waals surface area (Å²) in [4.78, 5) is 17.0. The summed E-state index contributed by atoms with van der Waals surface area (Å²) in [7, 11) is 0. The van der Waals surface area contributed by atoms with Gasteiger partial charge in [0.2, 0.25) is 0 Å². The van der Waals surface area contributed by atoms with E-state index >= 15 is 0 Å². The fourth-order valence-electron chi connectivity index (χ4n) is 2.78. The second-order valence-corrected chi connectivity index (χ2v) is 7.72. The third-order valence-electron chi connectivity index (χ3n) is 4.25. The van der Waals surface area contributed by atoms with Crippen molar-refractivity contribution in [1.29, 1.82) is 0 Å². The van der Waals surface area contributed by atoms with Gasteiger partial charge in [-0.2, -0.15) is 0 Å². The third kappa shape index (κ3) is 4.01. The highest BCUT2D eigenvalue weighted by atomic mass is 35.5. The average molecular weight is 409 g/mol. The first kappa shape index (κ1) is 18.5. The van der Waals surface area contributed by atoms with Gasteiger partial charge in [0.15, 0.2) is 6.61 Å². The number of hydrogen-bond donors (Lipinski definition) is 1. The fourth-order valence-corrected chi connectivity index (χ4v) is 3.93. The van der Waals surface area contributed by atoms with Gasteiger partial charge in [0.25, 0.3) is 5.91 Å². The molecule has 0 aliphatic rings. The highest BCUT2D eigenvalue weighted by Crippen LogP contribution is 2.32. The largest absolute Gasteiger partial charge is 0.482 e. The summed E-state index contributed by atoms with van der Waals surface area (Å²) in [6.45, 7) is 1.83. The van der Waals surface area contributed by atoms with E-state index in [1.54, 1.807) is 23.5 Å². The van der Waals surface area contributed by atoms with Crippen LogP contribution in [0.4, 0.5) is 5.69 Å². The van der Waals surface area contributed by atoms with Crippen molar-refractivity contribution in [3.63, 3.8) is 0 Å². The van der Waals surface area contributed by atoms with Crippen molar-refractivity contribution in [2.45, 2.75) is 6.92 Å². The van der Waals surface area contributed by atoms with Crippen LogP contribution in [0.15, 0.2) is 66.7 Å². The van der Waals surface area contributed by atoms with E-state index in [1.807, 2.05) is 55.5 Å². The number of ether oxygens (including phenoxy) is 1. The first-order valence-corrected chi connectivity index (χ1v) is 9.93. The van der Waals surface area contributed by atoms with E-state index in [0.717, 1.165) is 32.0 Å². The molecule has 0 radical (unpaired) electrons. The zero-order valence-electron chi connectivity index (χ0n) is 15.1. The van der Waals surface area contributed by atoms with Crippen LogP contribution in [0.3, 0.4) is 0 Å². The predicted octanol–water partition coefficient (Wildman–Crippen LogP) is 5.94. The van der Waals surface area contributed by atoms with Gasteiger partial charge in [-0.05, 0) is 42.8 Å². The van der Waals surface area contributed by atoms with Crippen molar-refractivity contribution in [2.75, 3.05) is 11.9 Å². The normalized spacial score (nSPS) is 10.8. The minimum Gasteiger partial charge on any atom is -0.482 e. The first-order valence-electron chi connectivity index (χ1n) is 8.74. The molecule has 0 atom stereocenters. The van der Waals surface area contributed by atoms with Gasteiger partial charge in [-0.3, -0.25) is 4.79 Å². The summed E-state index contributed by atoms with van der Waals surface area (Å²) >= 11 is 7.68. The predicted molar refractivity (Wildman–Crippen MR) is 115 cm³/mol. The molecule has 1 amide bonds. The first-order chi connectivity index (χ1) is 13.6. The topological polar surface area (TPSA) is 51.2 Å². The van der Waals surface area contributed by atoms with Gasteiger partial charge < -0.3 is 10.1 Å². The van der Waals surface area contributed by atoms with Crippen LogP contribution in [-0.4, -0.2) is 17.5 Å². The zero-order valence-corrected chi connectivity index (χ0v) is 16.7. The molecule has 1 aromatic heterocycles. The van der Waals surface area contributed by atoms with Gasteiger partial charge in [-0.15, -0.1) is 11.3 Å². The number of fused-ring (bicyclic) bond motifs is 1. The molecule has 6 heteroatoms. The Morgan fingerprint density at radius 3 is 2.71 bits per heavy atom. The molecule has 1 heterocycles. The maximum atomic E-state index is 12.3. The Morgan fingerprint density at radius 2 is 1.89 bits per heavy atom. The Kier molecular flexibility index (Phi) is 5.28. The quantitative estimate of drug-likeness (QED) is 0.444. The fraction of sp³-hybridized carbons (Fsp3) is 0.0909. The van der Waals surface area contributed by atoms with E-state index < -0.39 is 0 Å². The zero-order chi connectivity index (χ0) is 19.5. The van der Waals surface area contributed by atoms with Crippen molar-refractivity contribution in [1.82, 2.24) is 4.98 Å². The monoisotopic (exact) mass is 408 g/mol. The van der Waals surface area contributed by atoms with E-state index in [9.17, 15) is 4.79 Å². The molecule has 28 heavy (non-hydrogen) atoms. The standard InChI is InChI=1S/C22H17ClN2O2S/c1-14-10-11-15(22-25-17-7-3-5-9-20(17)28-22)12-18(14)24-21(26)13-27-19-8-4-2-6-16(19)23/h2-12H,13H2,1H3,(H,24,26). The van der Waals surface area contributed by atoms with Crippen LogP contribution < -0.4 is 10.1 Å². The molecule has 3 aromatic carbocycles. The summed E-state index contributed by atoms with van der Waals surface area (Å²) in [5.74, 6) is 0.240. The molecule has 0 unspecified atom stereocenters. The smallest absolute Gasteiger partial charge is 0.262 e. The van der Waals surface area contributed by atoms with Crippen LogP contribution in [0.1, 0.15) is 5.56 Å². The van der Waals surface area contributed by atoms with Crippen LogP contribution >= 0.6 is 22.9 Å². The molecule has 0 saturated carbocycles. The van der Waals surface area contributed by atoms with Crippen LogP contribution in [0, 0.1) is 6.92 Å². The number of para-hydroxylation sites is 2. The molecule has 0 spiro atoms. The second kappa shape index (κ2) is 8.00. The lowest BCUT2D eigenvalue weighted by atomic mass is 10.1. The van der Waals surface area contributed by atoms with E-state index in [-0.39, 0.29) is 12.5 Å². The molecule has 4 aromatic rings. The lowest BCUT2D eigenvalue weighted by molar-refractivity contribution is -0.118. The van der Waals surface area contributed by atoms with Crippen molar-refractivity contribution >= 4 is 44.7 Å². The summed E-state index contributed by atoms with van der Waals surface area (Å²) in [5, 5.41) is 4.31. The van der Waals surface area contributed by atoms with E-state index in [4.69, 9.17) is 16.3 Å². The number of nitrogens with zero attached hydrogens (tertiary/aromatic N) is 1. The Morgan fingerprint density at radius 1 is 1.11 bits per heavy atom. The number of benzene rings is 3. The van der Waals surface area contributed by atoms with Crippen LogP contribution in [0.2, 0.25) is 5.02 Å². The number of carbonyl (C=O) groups is 1. The summed E-state index contributed by atoms with van der Waals surface area (Å²) < 4.78 is 6.65.